The largest absolute Gasteiger partial charge is 0.336 e. The van der Waals surface area contributed by atoms with Crippen molar-refractivity contribution in [3.8, 4) is 0 Å². The Morgan fingerprint density at radius 2 is 2.40 bits per heavy atom. The van der Waals surface area contributed by atoms with Gasteiger partial charge in [0.1, 0.15) is 5.15 Å². The molecule has 2 nitrogen and oxygen atoms in total. The van der Waals surface area contributed by atoms with Crippen LogP contribution in [0.25, 0.3) is 0 Å². The van der Waals surface area contributed by atoms with Gasteiger partial charge in [0.15, 0.2) is 0 Å². The number of rotatable bonds is 3. The predicted octanol–water partition coefficient (Wildman–Crippen LogP) is 2.93. The Balaban J connectivity index is 1.95. The van der Waals surface area contributed by atoms with Crippen LogP contribution in [-0.4, -0.2) is 22.1 Å². The Hall–Kier alpha value is 0.170. The van der Waals surface area contributed by atoms with Gasteiger partial charge < -0.3 is 9.88 Å². The fourth-order valence-electron chi connectivity index (χ4n) is 1.70. The molecule has 2 heterocycles. The molecule has 0 aliphatic carbocycles. The normalized spacial score (nSPS) is 21.1. The monoisotopic (exact) mass is 264 g/mol. The van der Waals surface area contributed by atoms with E-state index in [0.717, 1.165) is 12.2 Å². The summed E-state index contributed by atoms with van der Waals surface area (Å²) in [7, 11) is 1.94. The molecule has 1 aromatic heterocycles. The van der Waals surface area contributed by atoms with E-state index in [1.165, 1.54) is 17.9 Å². The molecule has 1 N–H and O–H groups in total. The van der Waals surface area contributed by atoms with Crippen LogP contribution in [0.15, 0.2) is 6.07 Å². The fourth-order valence-corrected chi connectivity index (χ4v) is 3.31. The van der Waals surface area contributed by atoms with E-state index in [0.29, 0.717) is 16.2 Å². The molecule has 1 unspecified atom stereocenters. The molecule has 0 spiro atoms. The second-order valence-electron chi connectivity index (χ2n) is 3.77. The number of nitrogens with one attached hydrogen (secondary N) is 1. The summed E-state index contributed by atoms with van der Waals surface area (Å²) < 4.78 is 1.93. The van der Waals surface area contributed by atoms with Crippen LogP contribution in [-0.2, 0) is 13.6 Å². The van der Waals surface area contributed by atoms with E-state index in [-0.39, 0.29) is 0 Å². The third-order valence-corrected chi connectivity index (χ3v) is 4.72. The summed E-state index contributed by atoms with van der Waals surface area (Å²) in [5, 5.41) is 4.78. The number of nitrogens with zero attached hydrogens (tertiary/aromatic N) is 1. The molecule has 1 saturated heterocycles. The fraction of sp³-hybridized carbons (Fsp3) is 0.600. The van der Waals surface area contributed by atoms with Crippen molar-refractivity contribution in [2.45, 2.75) is 19.0 Å². The molecule has 0 bridgehead atoms. The van der Waals surface area contributed by atoms with Gasteiger partial charge in [-0.05, 0) is 18.2 Å². The molecule has 1 aromatic rings. The van der Waals surface area contributed by atoms with E-state index in [1.54, 1.807) is 0 Å². The molecule has 2 rings (SSSR count). The van der Waals surface area contributed by atoms with Crippen LogP contribution in [0.5, 0.6) is 0 Å². The van der Waals surface area contributed by atoms with Crippen LogP contribution < -0.4 is 5.32 Å². The lowest BCUT2D eigenvalue weighted by molar-refractivity contribution is 0.544. The third-order valence-electron chi connectivity index (χ3n) is 2.72. The Kier molecular flexibility index (Phi) is 3.88. The molecular weight excluding hydrogens is 251 g/mol. The smallest absolute Gasteiger partial charge is 0.127 e. The Labute approximate surface area is 104 Å². The lowest BCUT2D eigenvalue weighted by Crippen LogP contribution is -2.28. The molecule has 15 heavy (non-hydrogen) atoms. The van der Waals surface area contributed by atoms with Crippen LogP contribution >= 0.6 is 35.0 Å². The highest BCUT2D eigenvalue weighted by Crippen LogP contribution is 2.25. The number of thioether (sulfide) groups is 1. The summed E-state index contributed by atoms with van der Waals surface area (Å²) in [5.41, 5.74) is 1.14. The highest BCUT2D eigenvalue weighted by atomic mass is 35.5. The zero-order chi connectivity index (χ0) is 10.8. The third kappa shape index (κ3) is 2.64. The molecule has 5 heteroatoms. The summed E-state index contributed by atoms with van der Waals surface area (Å²) in [4.78, 5) is 0. The zero-order valence-corrected chi connectivity index (χ0v) is 10.9. The first-order valence-electron chi connectivity index (χ1n) is 4.99. The highest BCUT2D eigenvalue weighted by Gasteiger charge is 2.16. The molecular formula is C10H14Cl2N2S. The van der Waals surface area contributed by atoms with Gasteiger partial charge in [0.25, 0.3) is 0 Å². The Morgan fingerprint density at radius 3 is 2.93 bits per heavy atom. The lowest BCUT2D eigenvalue weighted by Gasteiger charge is -2.11. The van der Waals surface area contributed by atoms with E-state index in [1.807, 2.05) is 29.4 Å². The lowest BCUT2D eigenvalue weighted by atomic mass is 10.2. The van der Waals surface area contributed by atoms with Gasteiger partial charge in [-0.2, -0.15) is 11.8 Å². The minimum Gasteiger partial charge on any atom is -0.336 e. The Bertz CT molecular complexity index is 345. The first-order valence-corrected chi connectivity index (χ1v) is 6.90. The molecule has 1 fully saturated rings. The maximum absolute atomic E-state index is 5.99. The van der Waals surface area contributed by atoms with E-state index in [4.69, 9.17) is 23.2 Å². The van der Waals surface area contributed by atoms with Gasteiger partial charge in [0.2, 0.25) is 0 Å². The zero-order valence-electron chi connectivity index (χ0n) is 8.59. The van der Waals surface area contributed by atoms with Crippen molar-refractivity contribution in [3.63, 3.8) is 0 Å². The predicted molar refractivity (Wildman–Crippen MR) is 68.0 cm³/mol. The van der Waals surface area contributed by atoms with Gasteiger partial charge in [-0.25, -0.2) is 0 Å². The number of hydrogen-bond donors (Lipinski definition) is 1. The quantitative estimate of drug-likeness (QED) is 0.905. The molecule has 0 radical (unpaired) electrons. The first kappa shape index (κ1) is 11.6. The van der Waals surface area contributed by atoms with E-state index < -0.39 is 0 Å². The van der Waals surface area contributed by atoms with Crippen LogP contribution in [0.1, 0.15) is 12.1 Å². The summed E-state index contributed by atoms with van der Waals surface area (Å²) in [6.45, 7) is 0.841. The maximum atomic E-state index is 5.99. The summed E-state index contributed by atoms with van der Waals surface area (Å²) in [6.07, 6.45) is 1.26. The second kappa shape index (κ2) is 5.00. The van der Waals surface area contributed by atoms with E-state index >= 15 is 0 Å². The van der Waals surface area contributed by atoms with Gasteiger partial charge in [0.05, 0.1) is 5.02 Å². The number of halogens is 2. The van der Waals surface area contributed by atoms with Crippen molar-refractivity contribution in [1.82, 2.24) is 9.88 Å². The van der Waals surface area contributed by atoms with Crippen molar-refractivity contribution in [2.75, 3.05) is 11.5 Å². The van der Waals surface area contributed by atoms with E-state index in [2.05, 4.69) is 5.32 Å². The SMILES string of the molecule is Cn1c(CNC2CCSC2)cc(Cl)c1Cl. The van der Waals surface area contributed by atoms with Crippen molar-refractivity contribution in [1.29, 1.82) is 0 Å². The first-order chi connectivity index (χ1) is 7.18. The molecule has 0 amide bonds. The highest BCUT2D eigenvalue weighted by molar-refractivity contribution is 7.99. The van der Waals surface area contributed by atoms with Gasteiger partial charge in [-0.1, -0.05) is 23.2 Å². The van der Waals surface area contributed by atoms with Gasteiger partial charge in [-0.3, -0.25) is 0 Å². The average molecular weight is 265 g/mol. The van der Waals surface area contributed by atoms with Crippen LogP contribution in [0.3, 0.4) is 0 Å². The minimum absolute atomic E-state index is 0.620. The van der Waals surface area contributed by atoms with Crippen LogP contribution in [0.4, 0.5) is 0 Å². The molecule has 84 valence electrons. The number of hydrogen-bond acceptors (Lipinski definition) is 2. The van der Waals surface area contributed by atoms with Gasteiger partial charge in [0, 0.05) is 31.1 Å². The van der Waals surface area contributed by atoms with Crippen molar-refractivity contribution in [2.24, 2.45) is 7.05 Å². The molecule has 0 saturated carbocycles. The topological polar surface area (TPSA) is 17.0 Å². The standard InChI is InChI=1S/C10H14Cl2N2S/c1-14-8(4-9(11)10(14)12)5-13-7-2-3-15-6-7/h4,7,13H,2-3,5-6H2,1H3. The van der Waals surface area contributed by atoms with Crippen molar-refractivity contribution < 1.29 is 0 Å². The molecule has 1 atom stereocenters. The number of aromatic nitrogens is 1. The minimum atomic E-state index is 0.620. The van der Waals surface area contributed by atoms with Gasteiger partial charge in [-0.15, -0.1) is 0 Å². The van der Waals surface area contributed by atoms with E-state index in [9.17, 15) is 0 Å². The van der Waals surface area contributed by atoms with Crippen LogP contribution in [0, 0.1) is 0 Å². The summed E-state index contributed by atoms with van der Waals surface area (Å²) in [6, 6.07) is 2.57. The average Bonchev–Trinajstić information content (AvgIpc) is 2.80. The van der Waals surface area contributed by atoms with Crippen molar-refractivity contribution in [3.05, 3.63) is 21.9 Å². The van der Waals surface area contributed by atoms with Crippen molar-refractivity contribution >= 4 is 35.0 Å². The Morgan fingerprint density at radius 1 is 1.60 bits per heavy atom. The summed E-state index contributed by atoms with van der Waals surface area (Å²) in [5.74, 6) is 2.48. The molecule has 1 aliphatic heterocycles. The second-order valence-corrected chi connectivity index (χ2v) is 5.69. The molecule has 0 aromatic carbocycles. The maximum Gasteiger partial charge on any atom is 0.127 e. The summed E-state index contributed by atoms with van der Waals surface area (Å²) >= 11 is 13.9. The molecule has 1 aliphatic rings. The van der Waals surface area contributed by atoms with Crippen LogP contribution in [0.2, 0.25) is 10.2 Å². The van der Waals surface area contributed by atoms with Gasteiger partial charge >= 0.3 is 0 Å².